The molecule has 0 nitrogen and oxygen atoms in total. The second-order valence-electron chi connectivity index (χ2n) is 21.8. The van der Waals surface area contributed by atoms with Crippen LogP contribution in [0.1, 0.15) is 96.0 Å². The third-order valence-electron chi connectivity index (χ3n) is 15.4. The van der Waals surface area contributed by atoms with Crippen LogP contribution in [0.25, 0.3) is 67.8 Å². The van der Waals surface area contributed by atoms with Gasteiger partial charge in [-0.05, 0) is 0 Å². The predicted molar refractivity (Wildman–Crippen MR) is 296 cm³/mol. The molecular formula is C64H59Cl2SiZr. The predicted octanol–water partition coefficient (Wildman–Crippen LogP) is 16.0. The van der Waals surface area contributed by atoms with Gasteiger partial charge >= 0.3 is 418 Å². The molecule has 0 aromatic heterocycles. The molecule has 68 heavy (non-hydrogen) atoms. The van der Waals surface area contributed by atoms with Crippen molar-refractivity contribution in [3.63, 3.8) is 0 Å². The van der Waals surface area contributed by atoms with Gasteiger partial charge in [-0.2, -0.15) is 0 Å². The van der Waals surface area contributed by atoms with E-state index in [4.69, 9.17) is 0 Å². The maximum absolute atomic E-state index is 9.43. The molecule has 1 aliphatic heterocycles. The number of benzene rings is 8. The summed E-state index contributed by atoms with van der Waals surface area (Å²) in [6.07, 6.45) is 4.97. The van der Waals surface area contributed by atoms with Gasteiger partial charge in [-0.25, -0.2) is 0 Å². The summed E-state index contributed by atoms with van der Waals surface area (Å²) in [5.41, 5.74) is 22.6. The Kier molecular flexibility index (Phi) is 11.0. The van der Waals surface area contributed by atoms with E-state index >= 15 is 0 Å². The van der Waals surface area contributed by atoms with E-state index in [2.05, 4.69) is 243 Å². The summed E-state index contributed by atoms with van der Waals surface area (Å²) in [5, 5.41) is 2.91. The first-order chi connectivity index (χ1) is 32.5. The second-order valence-corrected chi connectivity index (χ2v) is 44.2. The van der Waals surface area contributed by atoms with Crippen LogP contribution in [0, 0.1) is 0 Å². The minimum absolute atomic E-state index is 0.132. The Labute approximate surface area is 414 Å². The van der Waals surface area contributed by atoms with Crippen LogP contribution in [-0.4, -0.2) is 9.52 Å². The Balaban J connectivity index is 1.22. The molecule has 2 aliphatic carbocycles. The van der Waals surface area contributed by atoms with E-state index in [0.717, 1.165) is 0 Å². The molecule has 0 spiro atoms. The van der Waals surface area contributed by atoms with Crippen LogP contribution in [-0.2, 0) is 27.2 Å². The van der Waals surface area contributed by atoms with Crippen molar-refractivity contribution in [1.82, 2.24) is 0 Å². The van der Waals surface area contributed by atoms with E-state index in [1.165, 1.54) is 114 Å². The Morgan fingerprint density at radius 2 is 0.809 bits per heavy atom. The average molecular weight is 1020 g/mol. The first-order valence-corrected chi connectivity index (χ1v) is 36.2. The van der Waals surface area contributed by atoms with Crippen LogP contribution in [0.15, 0.2) is 187 Å². The first-order valence-electron chi connectivity index (χ1n) is 24.3. The van der Waals surface area contributed by atoms with Gasteiger partial charge in [-0.15, -0.1) is 0 Å². The van der Waals surface area contributed by atoms with E-state index in [1.807, 2.05) is 0 Å². The molecule has 2 atom stereocenters. The van der Waals surface area contributed by atoms with Crippen molar-refractivity contribution in [2.24, 2.45) is 0 Å². The van der Waals surface area contributed by atoms with Gasteiger partial charge in [0.25, 0.3) is 0 Å². The molecule has 8 aromatic rings. The molecule has 337 valence electrons. The molecule has 0 saturated carbocycles. The van der Waals surface area contributed by atoms with Gasteiger partial charge in [0.2, 0.25) is 0 Å². The van der Waals surface area contributed by atoms with Crippen LogP contribution < -0.4 is 13.6 Å². The topological polar surface area (TPSA) is 0 Å². The summed E-state index contributed by atoms with van der Waals surface area (Å²) >= 11 is -5.76. The van der Waals surface area contributed by atoms with Crippen molar-refractivity contribution in [3.8, 4) is 55.6 Å². The molecule has 0 fully saturated rings. The van der Waals surface area contributed by atoms with Crippen LogP contribution in [0.4, 0.5) is 0 Å². The molecule has 0 N–H and O–H groups in total. The number of halogens is 2. The van der Waals surface area contributed by atoms with Crippen LogP contribution in [0.5, 0.6) is 0 Å². The second kappa shape index (κ2) is 16.5. The Morgan fingerprint density at radius 3 is 1.26 bits per heavy atom. The standard InChI is InChI=1S/2C26H25.C12H9Si.2ClH.Zr/c2*1-18-16-20-14-15-24(26(2,3)4)25(23(20)17-18)22-13-9-8-12-21(22)19-10-6-5-7-11-19;1-3-7-11-9(5-1)10-6-2-4-8-12(10)13-11;;;/h2*5-17H,1-4H3;1-7H,13H2;2*1H;/q;;;;;+2/p-2. The number of hydrogen-bond donors (Lipinski definition) is 0. The van der Waals surface area contributed by atoms with Gasteiger partial charge in [0.05, 0.1) is 0 Å². The van der Waals surface area contributed by atoms with Gasteiger partial charge in [-0.1, -0.05) is 0 Å². The fraction of sp³-hybridized carbons (Fsp3) is 0.188. The quantitative estimate of drug-likeness (QED) is 0.140. The number of allylic oxidation sites excluding steroid dienone is 2. The Hall–Kier alpha value is -5.08. The van der Waals surface area contributed by atoms with Crippen molar-refractivity contribution >= 4 is 52.3 Å². The van der Waals surface area contributed by atoms with Gasteiger partial charge in [0.1, 0.15) is 0 Å². The fourth-order valence-electron chi connectivity index (χ4n) is 12.7. The Morgan fingerprint density at radius 1 is 0.412 bits per heavy atom. The zero-order valence-corrected chi connectivity index (χ0v) is 45.9. The summed E-state index contributed by atoms with van der Waals surface area (Å²) in [5.74, 6) is 0. The molecule has 3 aliphatic rings. The number of hydrogen-bond acceptors (Lipinski definition) is 0. The molecular weight excluding hydrogens is 959 g/mol. The van der Waals surface area contributed by atoms with Gasteiger partial charge in [0, 0.05) is 0 Å². The average Bonchev–Trinajstić information content (AvgIpc) is 4.01. The molecule has 2 unspecified atom stereocenters. The molecule has 1 heterocycles. The molecule has 11 rings (SSSR count). The van der Waals surface area contributed by atoms with Crippen LogP contribution in [0.2, 0.25) is 0 Å². The van der Waals surface area contributed by atoms with Crippen molar-refractivity contribution in [2.75, 3.05) is 0 Å². The van der Waals surface area contributed by atoms with Gasteiger partial charge in [0.15, 0.2) is 0 Å². The fourth-order valence-corrected chi connectivity index (χ4v) is 41.4. The molecule has 0 saturated heterocycles. The van der Waals surface area contributed by atoms with E-state index in [9.17, 15) is 17.0 Å². The first kappa shape index (κ1) is 45.4. The summed E-state index contributed by atoms with van der Waals surface area (Å²) in [4.78, 5) is 0. The zero-order valence-electron chi connectivity index (χ0n) is 40.5. The minimum atomic E-state index is -5.76. The van der Waals surface area contributed by atoms with Crippen LogP contribution >= 0.6 is 17.0 Å². The Bertz CT molecular complexity index is 3220. The molecule has 8 aromatic carbocycles. The molecule has 0 radical (unpaired) electrons. The van der Waals surface area contributed by atoms with Crippen molar-refractivity contribution in [3.05, 3.63) is 220 Å². The van der Waals surface area contributed by atoms with Crippen molar-refractivity contribution in [2.45, 2.75) is 73.5 Å². The van der Waals surface area contributed by atoms with Gasteiger partial charge < -0.3 is 0 Å². The summed E-state index contributed by atoms with van der Waals surface area (Å²) in [7, 11) is 17.9. The van der Waals surface area contributed by atoms with Gasteiger partial charge in [-0.3, -0.25) is 0 Å². The van der Waals surface area contributed by atoms with E-state index in [1.54, 1.807) is 0 Å². The van der Waals surface area contributed by atoms with E-state index in [0.29, 0.717) is 0 Å². The molecule has 4 heteroatoms. The monoisotopic (exact) mass is 1020 g/mol. The van der Waals surface area contributed by atoms with Crippen LogP contribution in [0.3, 0.4) is 0 Å². The summed E-state index contributed by atoms with van der Waals surface area (Å²) < 4.78 is 0.887. The SMILES string of the molecule is CC1=Cc2c(ccc(C(C)(C)C)c2-c2ccccc2-c2ccccc2)[CH]1[Zr]([Cl])([Cl])([c]1cccc2c1[SiH2]c1ccccc1-2)[CH]1C(C)=Cc2c1ccc(C(C)(C)C)c2-c1ccccc1-c1ccccc1. The summed E-state index contributed by atoms with van der Waals surface area (Å²) in [6.45, 7) is 18.7. The normalized spacial score (nSPS) is 17.2. The van der Waals surface area contributed by atoms with E-state index < -0.39 is 25.9 Å². The van der Waals surface area contributed by atoms with E-state index in [-0.39, 0.29) is 18.1 Å². The third kappa shape index (κ3) is 7.07. The van der Waals surface area contributed by atoms with Crippen molar-refractivity contribution < 1.29 is 16.4 Å². The van der Waals surface area contributed by atoms with Crippen molar-refractivity contribution in [1.29, 1.82) is 0 Å². The zero-order chi connectivity index (χ0) is 47.4. The molecule has 0 amide bonds. The summed E-state index contributed by atoms with van der Waals surface area (Å²) in [6, 6.07) is 65.4. The number of fused-ring (bicyclic) bond motifs is 5. The number of rotatable bonds is 7. The molecule has 0 bridgehead atoms. The third-order valence-corrected chi connectivity index (χ3v) is 38.6. The maximum atomic E-state index is 9.43.